The van der Waals surface area contributed by atoms with E-state index >= 15 is 0 Å². The zero-order valence-corrected chi connectivity index (χ0v) is 18.8. The number of aromatic nitrogens is 3. The van der Waals surface area contributed by atoms with Crippen molar-refractivity contribution in [1.82, 2.24) is 19.2 Å². The molecule has 2 heterocycles. The average Bonchev–Trinajstić information content (AvgIpc) is 3.36. The highest BCUT2D eigenvalue weighted by atomic mass is 32.2. The van der Waals surface area contributed by atoms with E-state index in [1.54, 1.807) is 0 Å². The lowest BCUT2D eigenvalue weighted by Gasteiger charge is -2.15. The minimum atomic E-state index is -3.66. The van der Waals surface area contributed by atoms with E-state index in [1.807, 2.05) is 17.5 Å². The fraction of sp³-hybridized carbons (Fsp3) is 0.235. The number of rotatable bonds is 8. The van der Waals surface area contributed by atoms with Gasteiger partial charge in [-0.1, -0.05) is 17.8 Å². The average molecular weight is 469 g/mol. The number of hydrogen-bond acceptors (Lipinski definition) is 9. The van der Waals surface area contributed by atoms with Gasteiger partial charge >= 0.3 is 0 Å². The summed E-state index contributed by atoms with van der Waals surface area (Å²) in [5.41, 5.74) is 0.250. The second kappa shape index (κ2) is 9.04. The van der Waals surface area contributed by atoms with Crippen molar-refractivity contribution in [3.05, 3.63) is 35.7 Å². The highest BCUT2D eigenvalue weighted by Gasteiger charge is 2.20. The second-order valence-corrected chi connectivity index (χ2v) is 10.2. The molecule has 1 amide bonds. The van der Waals surface area contributed by atoms with Gasteiger partial charge in [0.1, 0.15) is 5.75 Å². The molecule has 30 heavy (non-hydrogen) atoms. The summed E-state index contributed by atoms with van der Waals surface area (Å²) < 4.78 is 32.4. The van der Waals surface area contributed by atoms with Gasteiger partial charge in [0.25, 0.3) is 0 Å². The summed E-state index contributed by atoms with van der Waals surface area (Å²) >= 11 is 2.59. The van der Waals surface area contributed by atoms with Crippen LogP contribution in [0.15, 0.2) is 45.8 Å². The number of anilines is 1. The molecule has 3 rings (SSSR count). The Labute approximate surface area is 182 Å². The van der Waals surface area contributed by atoms with Crippen LogP contribution in [0.3, 0.4) is 0 Å². The number of carbonyl (C=O) groups excluding carboxylic acids is 1. The fourth-order valence-electron chi connectivity index (χ4n) is 2.42. The number of nitrogens with zero attached hydrogens (tertiary/aromatic N) is 4. The number of thioether (sulfide) groups is 1. The number of carbonyl (C=O) groups is 1. The topological polar surface area (TPSA) is 132 Å². The van der Waals surface area contributed by atoms with Gasteiger partial charge in [0.2, 0.25) is 21.1 Å². The van der Waals surface area contributed by atoms with E-state index in [0.717, 1.165) is 20.9 Å². The number of hydrogen-bond donors (Lipinski definition) is 2. The number of nitrogen functional groups attached to an aromatic ring is 1. The molecule has 0 aliphatic heterocycles. The van der Waals surface area contributed by atoms with Crippen LogP contribution in [0.25, 0.3) is 10.7 Å². The van der Waals surface area contributed by atoms with Crippen LogP contribution in [-0.2, 0) is 14.8 Å². The molecule has 10 nitrogen and oxygen atoms in total. The molecule has 0 saturated carbocycles. The first-order chi connectivity index (χ1) is 14.2. The Bertz CT molecular complexity index is 1140. The molecule has 0 unspecified atom stereocenters. The largest absolute Gasteiger partial charge is 0.495 e. The number of amides is 1. The SMILES string of the molecule is COc1ccc(S(=O)(=O)N(C)C)cc1NC(=O)CSc1nnc(-c2cccs2)n1N. The quantitative estimate of drug-likeness (QED) is 0.377. The van der Waals surface area contributed by atoms with Crippen molar-refractivity contribution in [2.45, 2.75) is 10.1 Å². The molecule has 3 N–H and O–H groups in total. The molecule has 13 heteroatoms. The third-order valence-corrected chi connectivity index (χ3v) is 7.58. The third-order valence-electron chi connectivity index (χ3n) is 3.96. The zero-order chi connectivity index (χ0) is 21.9. The summed E-state index contributed by atoms with van der Waals surface area (Å²) in [5.74, 6) is 6.50. The monoisotopic (exact) mass is 468 g/mol. The van der Waals surface area contributed by atoms with E-state index < -0.39 is 10.0 Å². The van der Waals surface area contributed by atoms with E-state index in [9.17, 15) is 13.2 Å². The van der Waals surface area contributed by atoms with Gasteiger partial charge in [-0.05, 0) is 29.6 Å². The lowest BCUT2D eigenvalue weighted by atomic mass is 10.3. The van der Waals surface area contributed by atoms with Crippen LogP contribution >= 0.6 is 23.1 Å². The standard InChI is InChI=1S/C17H20N6O4S3/c1-22(2)30(25,26)11-6-7-13(27-3)12(9-11)19-15(24)10-29-17-21-20-16(23(17)18)14-5-4-8-28-14/h4-9H,10,18H2,1-3H3,(H,19,24). The number of thiophene rings is 1. The maximum atomic E-state index is 12.5. The van der Waals surface area contributed by atoms with Crippen LogP contribution in [-0.4, -0.2) is 60.5 Å². The van der Waals surface area contributed by atoms with Crippen molar-refractivity contribution in [2.75, 3.05) is 38.1 Å². The molecule has 0 spiro atoms. The summed E-state index contributed by atoms with van der Waals surface area (Å²) in [6.45, 7) is 0. The Balaban J connectivity index is 1.72. The van der Waals surface area contributed by atoms with E-state index in [1.165, 1.54) is 55.4 Å². The maximum absolute atomic E-state index is 12.5. The molecular formula is C17H20N6O4S3. The van der Waals surface area contributed by atoms with Crippen molar-refractivity contribution in [3.63, 3.8) is 0 Å². The van der Waals surface area contributed by atoms with Gasteiger partial charge in [-0.25, -0.2) is 17.4 Å². The Morgan fingerprint density at radius 1 is 1.33 bits per heavy atom. The number of ether oxygens (including phenoxy) is 1. The molecule has 0 radical (unpaired) electrons. The Kier molecular flexibility index (Phi) is 6.65. The lowest BCUT2D eigenvalue weighted by molar-refractivity contribution is -0.113. The first-order valence-corrected chi connectivity index (χ1v) is 11.8. The normalized spacial score (nSPS) is 11.6. The number of methoxy groups -OCH3 is 1. The fourth-order valence-corrected chi connectivity index (χ4v) is 4.71. The van der Waals surface area contributed by atoms with Gasteiger partial charge in [0.15, 0.2) is 5.82 Å². The minimum Gasteiger partial charge on any atom is -0.495 e. The number of nitrogens with two attached hydrogens (primary N) is 1. The Hall–Kier alpha value is -2.61. The molecule has 0 fully saturated rings. The first kappa shape index (κ1) is 22.1. The second-order valence-electron chi connectivity index (χ2n) is 6.14. The van der Waals surface area contributed by atoms with E-state index in [0.29, 0.717) is 16.7 Å². The molecule has 0 atom stereocenters. The van der Waals surface area contributed by atoms with Gasteiger partial charge in [-0.15, -0.1) is 21.5 Å². The minimum absolute atomic E-state index is 0.00636. The van der Waals surface area contributed by atoms with Gasteiger partial charge in [0, 0.05) is 14.1 Å². The molecule has 0 bridgehead atoms. The van der Waals surface area contributed by atoms with Crippen LogP contribution in [0, 0.1) is 0 Å². The molecule has 160 valence electrons. The van der Waals surface area contributed by atoms with Gasteiger partial charge in [-0.3, -0.25) is 4.79 Å². The van der Waals surface area contributed by atoms with Crippen molar-refractivity contribution >= 4 is 44.7 Å². The summed E-state index contributed by atoms with van der Waals surface area (Å²) in [7, 11) is 0.642. The van der Waals surface area contributed by atoms with Crippen LogP contribution < -0.4 is 15.9 Å². The summed E-state index contributed by atoms with van der Waals surface area (Å²) in [5, 5.41) is 13.0. The number of nitrogens with one attached hydrogen (secondary N) is 1. The Morgan fingerprint density at radius 2 is 2.10 bits per heavy atom. The summed E-state index contributed by atoms with van der Waals surface area (Å²) in [6, 6.07) is 8.02. The van der Waals surface area contributed by atoms with Crippen LogP contribution in [0.5, 0.6) is 5.75 Å². The van der Waals surface area contributed by atoms with E-state index in [4.69, 9.17) is 10.6 Å². The number of benzene rings is 1. The van der Waals surface area contributed by atoms with E-state index in [-0.39, 0.29) is 22.2 Å². The highest BCUT2D eigenvalue weighted by molar-refractivity contribution is 7.99. The Morgan fingerprint density at radius 3 is 2.73 bits per heavy atom. The summed E-state index contributed by atoms with van der Waals surface area (Å²) in [6.07, 6.45) is 0. The van der Waals surface area contributed by atoms with Gasteiger partial charge in [-0.2, -0.15) is 0 Å². The van der Waals surface area contributed by atoms with Crippen molar-refractivity contribution in [1.29, 1.82) is 0 Å². The van der Waals surface area contributed by atoms with Crippen LogP contribution in [0.4, 0.5) is 5.69 Å². The van der Waals surface area contributed by atoms with Crippen LogP contribution in [0.2, 0.25) is 0 Å². The summed E-state index contributed by atoms with van der Waals surface area (Å²) in [4.78, 5) is 13.4. The molecule has 2 aromatic heterocycles. The zero-order valence-electron chi connectivity index (χ0n) is 16.4. The maximum Gasteiger partial charge on any atom is 0.242 e. The highest BCUT2D eigenvalue weighted by Crippen LogP contribution is 2.29. The van der Waals surface area contributed by atoms with Gasteiger partial charge < -0.3 is 15.9 Å². The smallest absolute Gasteiger partial charge is 0.242 e. The molecule has 0 aliphatic carbocycles. The molecule has 1 aromatic carbocycles. The first-order valence-electron chi connectivity index (χ1n) is 8.51. The van der Waals surface area contributed by atoms with Crippen molar-refractivity contribution in [3.8, 4) is 16.5 Å². The lowest BCUT2D eigenvalue weighted by Crippen LogP contribution is -2.22. The predicted octanol–water partition coefficient (Wildman–Crippen LogP) is 1.71. The molecule has 0 aliphatic rings. The van der Waals surface area contributed by atoms with Crippen molar-refractivity contribution in [2.24, 2.45) is 0 Å². The van der Waals surface area contributed by atoms with E-state index in [2.05, 4.69) is 15.5 Å². The van der Waals surface area contributed by atoms with Crippen LogP contribution in [0.1, 0.15) is 0 Å². The van der Waals surface area contributed by atoms with Crippen molar-refractivity contribution < 1.29 is 17.9 Å². The van der Waals surface area contributed by atoms with Gasteiger partial charge in [0.05, 0.1) is 28.3 Å². The molecule has 3 aromatic rings. The molecule has 0 saturated heterocycles. The number of sulfonamides is 1. The third kappa shape index (κ3) is 4.59. The predicted molar refractivity (Wildman–Crippen MR) is 117 cm³/mol. The molecular weight excluding hydrogens is 448 g/mol.